The maximum absolute atomic E-state index is 13.1. The average molecular weight is 859 g/mol. The highest BCUT2D eigenvalue weighted by atomic mass is 32.2. The fraction of sp³-hybridized carbons (Fsp3) is 0.388. The zero-order valence-corrected chi connectivity index (χ0v) is 37.1. The normalized spacial score (nSPS) is 19.5. The first kappa shape index (κ1) is 43.7. The Kier molecular flexibility index (Phi) is 13.7. The van der Waals surface area contributed by atoms with Crippen molar-refractivity contribution in [2.75, 3.05) is 30.7 Å². The Morgan fingerprint density at radius 1 is 0.869 bits per heavy atom. The number of nitrogens with one attached hydrogen (secondary N) is 2. The van der Waals surface area contributed by atoms with Crippen molar-refractivity contribution < 1.29 is 29.2 Å². The fourth-order valence-electron chi connectivity index (χ4n) is 8.89. The molecule has 1 aliphatic carbocycles. The first-order chi connectivity index (χ1) is 29.3. The Balaban J connectivity index is 0.881. The molecule has 1 unspecified atom stereocenters. The molecule has 318 valence electrons. The standard InChI is InChI=1S/C49H55N5O5S2/c1-48(2)35-18-11-10-16-33(35)34(23-25-44(56)57)36(48)17-8-7-9-21-42-49(3,4)37-19-12-13-20-40(37)54(42)29-26-43(55)51-28-15-6-5-14-27-50-32-22-24-38-41(30-32)61-46(52-38)45-53-39(31-60-45)47(58)59/h7-13,16-22,24,30,34,39H,5-6,14-15,23,25-29,31H2,1-4H3,(H3-,50,51,53,55,56,57,58,59)/p+1/b8-7+,21-9+,36-17+/t34?,39-/m1/s1. The van der Waals surface area contributed by atoms with Crippen molar-refractivity contribution in [3.63, 3.8) is 0 Å². The van der Waals surface area contributed by atoms with Gasteiger partial charge in [-0.3, -0.25) is 14.6 Å². The summed E-state index contributed by atoms with van der Waals surface area (Å²) in [7, 11) is 0. The smallest absolute Gasteiger partial charge is 0.329 e. The third kappa shape index (κ3) is 9.92. The summed E-state index contributed by atoms with van der Waals surface area (Å²) in [5.41, 5.74) is 8.74. The van der Waals surface area contributed by atoms with Gasteiger partial charge in [0.2, 0.25) is 11.6 Å². The van der Waals surface area contributed by atoms with Crippen molar-refractivity contribution in [3.05, 3.63) is 124 Å². The van der Waals surface area contributed by atoms with Crippen molar-refractivity contribution in [1.29, 1.82) is 0 Å². The Morgan fingerprint density at radius 3 is 2.39 bits per heavy atom. The van der Waals surface area contributed by atoms with Gasteiger partial charge in [0.05, 0.1) is 22.1 Å². The van der Waals surface area contributed by atoms with Crippen LogP contribution in [0.25, 0.3) is 10.2 Å². The van der Waals surface area contributed by atoms with Crippen molar-refractivity contribution in [2.24, 2.45) is 4.99 Å². The molecule has 3 aromatic carbocycles. The number of carbonyl (C=O) groups excluding carboxylic acids is 1. The second kappa shape index (κ2) is 19.2. The molecule has 3 aliphatic rings. The van der Waals surface area contributed by atoms with Crippen LogP contribution < -0.4 is 10.6 Å². The summed E-state index contributed by atoms with van der Waals surface area (Å²) in [6, 6.07) is 22.3. The molecule has 61 heavy (non-hydrogen) atoms. The van der Waals surface area contributed by atoms with Crippen LogP contribution in [0.2, 0.25) is 0 Å². The number of fused-ring (bicyclic) bond motifs is 3. The van der Waals surface area contributed by atoms with E-state index in [9.17, 15) is 24.6 Å². The molecule has 0 fully saturated rings. The lowest BCUT2D eigenvalue weighted by molar-refractivity contribution is -0.436. The number of aromatic nitrogens is 1. The Morgan fingerprint density at radius 2 is 1.62 bits per heavy atom. The van der Waals surface area contributed by atoms with Crippen LogP contribution in [0.3, 0.4) is 0 Å². The molecule has 3 heterocycles. The lowest BCUT2D eigenvalue weighted by Gasteiger charge is -2.24. The van der Waals surface area contributed by atoms with Gasteiger partial charge in [-0.15, -0.1) is 23.1 Å². The van der Waals surface area contributed by atoms with E-state index in [-0.39, 0.29) is 29.1 Å². The van der Waals surface area contributed by atoms with Crippen molar-refractivity contribution in [3.8, 4) is 0 Å². The molecule has 2 aliphatic heterocycles. The second-order valence-electron chi connectivity index (χ2n) is 17.0. The minimum absolute atomic E-state index is 0.0539. The molecule has 2 atom stereocenters. The minimum Gasteiger partial charge on any atom is -0.481 e. The van der Waals surface area contributed by atoms with Gasteiger partial charge in [-0.25, -0.2) is 9.78 Å². The zero-order valence-electron chi connectivity index (χ0n) is 35.4. The summed E-state index contributed by atoms with van der Waals surface area (Å²) in [5.74, 6) is -1.10. The van der Waals surface area contributed by atoms with Crippen LogP contribution >= 0.6 is 23.1 Å². The Bertz CT molecular complexity index is 2460. The molecule has 7 rings (SSSR count). The van der Waals surface area contributed by atoms with E-state index >= 15 is 0 Å². The number of hydrogen-bond acceptors (Lipinski definition) is 8. The molecule has 10 nitrogen and oxygen atoms in total. The predicted octanol–water partition coefficient (Wildman–Crippen LogP) is 9.78. The quantitative estimate of drug-likeness (QED) is 0.0415. The molecular weight excluding hydrogens is 803 g/mol. The van der Waals surface area contributed by atoms with E-state index < -0.39 is 18.0 Å². The summed E-state index contributed by atoms with van der Waals surface area (Å²) >= 11 is 2.99. The molecule has 0 bridgehead atoms. The number of carboxylic acid groups (broad SMARTS) is 2. The number of nitrogens with zero attached hydrogens (tertiary/aromatic N) is 3. The van der Waals surface area contributed by atoms with E-state index in [1.54, 1.807) is 0 Å². The third-order valence-electron chi connectivity index (χ3n) is 12.1. The Labute approximate surface area is 366 Å². The number of benzene rings is 3. The number of hydrogen-bond donors (Lipinski definition) is 4. The molecule has 1 aromatic heterocycles. The maximum atomic E-state index is 13.1. The number of amides is 1. The van der Waals surface area contributed by atoms with E-state index in [0.717, 1.165) is 64.5 Å². The second-order valence-corrected chi connectivity index (χ2v) is 19.0. The maximum Gasteiger partial charge on any atom is 0.329 e. The number of rotatable bonds is 19. The number of unbranched alkanes of at least 4 members (excludes halogenated alkanes) is 3. The SMILES string of the molecule is CC1(C)C(/C=C/C=C/C=C2\C(CCC(=O)O)c3ccccc3C2(C)C)=[N+](CCC(=O)NCCCCCCNc2ccc3nc(C4=N[C@@H](C(=O)O)CS4)sc3c2)c2ccccc21. The van der Waals surface area contributed by atoms with Gasteiger partial charge in [0, 0.05) is 60.0 Å². The number of allylic oxidation sites excluding steroid dienone is 6. The highest BCUT2D eigenvalue weighted by molar-refractivity contribution is 8.15. The lowest BCUT2D eigenvalue weighted by Crippen LogP contribution is -2.30. The molecule has 0 spiro atoms. The van der Waals surface area contributed by atoms with Gasteiger partial charge in [0.25, 0.3) is 0 Å². The summed E-state index contributed by atoms with van der Waals surface area (Å²) in [6.45, 7) is 11.0. The highest BCUT2D eigenvalue weighted by Gasteiger charge is 2.44. The summed E-state index contributed by atoms with van der Waals surface area (Å²) in [5, 5.41) is 26.9. The topological polar surface area (TPSA) is 144 Å². The van der Waals surface area contributed by atoms with E-state index in [1.807, 2.05) is 18.2 Å². The largest absolute Gasteiger partial charge is 0.481 e. The lowest BCUT2D eigenvalue weighted by atomic mass is 9.80. The van der Waals surface area contributed by atoms with Gasteiger partial charge in [0.1, 0.15) is 10.1 Å². The van der Waals surface area contributed by atoms with E-state index in [1.165, 1.54) is 45.4 Å². The van der Waals surface area contributed by atoms with Crippen LogP contribution in [0, 0.1) is 0 Å². The van der Waals surface area contributed by atoms with Gasteiger partial charge in [-0.1, -0.05) is 99.0 Å². The fourth-order valence-corrected chi connectivity index (χ4v) is 11.0. The van der Waals surface area contributed by atoms with E-state index in [0.29, 0.717) is 36.7 Å². The van der Waals surface area contributed by atoms with Crippen molar-refractivity contribution in [1.82, 2.24) is 10.3 Å². The summed E-state index contributed by atoms with van der Waals surface area (Å²) < 4.78 is 3.33. The van der Waals surface area contributed by atoms with E-state index in [2.05, 4.69) is 132 Å². The van der Waals surface area contributed by atoms with Crippen LogP contribution in [0.15, 0.2) is 108 Å². The van der Waals surface area contributed by atoms with Gasteiger partial charge in [-0.2, -0.15) is 4.58 Å². The number of anilines is 1. The number of carbonyl (C=O) groups is 3. The molecule has 0 saturated carbocycles. The summed E-state index contributed by atoms with van der Waals surface area (Å²) in [4.78, 5) is 44.9. The number of aliphatic imine (C=N–C) groups is 1. The molecule has 4 aromatic rings. The van der Waals surface area contributed by atoms with Crippen molar-refractivity contribution >= 4 is 73.3 Å². The van der Waals surface area contributed by atoms with Gasteiger partial charge in [-0.05, 0) is 62.4 Å². The van der Waals surface area contributed by atoms with Crippen molar-refractivity contribution in [2.45, 2.75) is 95.4 Å². The molecule has 0 saturated heterocycles. The number of para-hydroxylation sites is 1. The predicted molar refractivity (Wildman–Crippen MR) is 249 cm³/mol. The number of thioether (sulfide) groups is 1. The van der Waals surface area contributed by atoms with Crippen LogP contribution in [-0.4, -0.2) is 79.8 Å². The number of carboxylic acids is 2. The van der Waals surface area contributed by atoms with Crippen LogP contribution in [-0.2, 0) is 25.2 Å². The highest BCUT2D eigenvalue weighted by Crippen LogP contribution is 2.51. The number of thiazole rings is 1. The summed E-state index contributed by atoms with van der Waals surface area (Å²) in [6.07, 6.45) is 15.7. The monoisotopic (exact) mass is 858 g/mol. The average Bonchev–Trinajstić information content (AvgIpc) is 3.99. The zero-order chi connectivity index (χ0) is 43.1. The molecule has 1 amide bonds. The molecule has 12 heteroatoms. The Hall–Kier alpha value is -5.33. The van der Waals surface area contributed by atoms with E-state index in [4.69, 9.17) is 0 Å². The first-order valence-electron chi connectivity index (χ1n) is 21.3. The van der Waals surface area contributed by atoms with Crippen LogP contribution in [0.5, 0.6) is 0 Å². The number of aliphatic carboxylic acids is 2. The van der Waals surface area contributed by atoms with Crippen LogP contribution in [0.4, 0.5) is 11.4 Å². The van der Waals surface area contributed by atoms with Gasteiger partial charge >= 0.3 is 11.9 Å². The minimum atomic E-state index is -0.898. The van der Waals surface area contributed by atoms with Crippen LogP contribution in [0.1, 0.15) is 100 Å². The molecule has 0 radical (unpaired) electrons. The van der Waals surface area contributed by atoms with Gasteiger partial charge < -0.3 is 20.8 Å². The molecular formula is C49H56N5O5S2+. The molecule has 4 N–H and O–H groups in total. The third-order valence-corrected chi connectivity index (χ3v) is 14.3. The first-order valence-corrected chi connectivity index (χ1v) is 23.1. The van der Waals surface area contributed by atoms with Gasteiger partial charge in [0.15, 0.2) is 18.3 Å².